The summed E-state index contributed by atoms with van der Waals surface area (Å²) in [5, 5.41) is 6.34. The van der Waals surface area contributed by atoms with Crippen molar-refractivity contribution in [2.75, 3.05) is 19.0 Å². The van der Waals surface area contributed by atoms with Crippen LogP contribution in [0.2, 0.25) is 0 Å². The third-order valence-electron chi connectivity index (χ3n) is 1.71. The van der Waals surface area contributed by atoms with Gasteiger partial charge >= 0.3 is 0 Å². The molecule has 0 atom stereocenters. The zero-order valence-electron chi connectivity index (χ0n) is 8.41. The Morgan fingerprint density at radius 3 is 2.93 bits per heavy atom. The smallest absolute Gasteiger partial charge is 0.171 e. The quantitative estimate of drug-likeness (QED) is 0.599. The zero-order valence-corrected chi connectivity index (χ0v) is 9.23. The first-order chi connectivity index (χ1) is 7.27. The van der Waals surface area contributed by atoms with Crippen molar-refractivity contribution in [2.24, 2.45) is 0 Å². The SMILES string of the molecule is C#CCNC(=S)Nc1ccccc1OC. The highest BCUT2D eigenvalue weighted by molar-refractivity contribution is 7.80. The Bertz CT molecular complexity index is 384. The molecule has 0 fully saturated rings. The summed E-state index contributed by atoms with van der Waals surface area (Å²) in [7, 11) is 1.61. The summed E-state index contributed by atoms with van der Waals surface area (Å²) >= 11 is 5.04. The van der Waals surface area contributed by atoms with Gasteiger partial charge in [0.15, 0.2) is 5.11 Å². The van der Waals surface area contributed by atoms with Gasteiger partial charge in [0.25, 0.3) is 0 Å². The minimum absolute atomic E-state index is 0.404. The van der Waals surface area contributed by atoms with E-state index in [-0.39, 0.29) is 0 Å². The van der Waals surface area contributed by atoms with Gasteiger partial charge in [0, 0.05) is 0 Å². The van der Waals surface area contributed by atoms with Crippen molar-refractivity contribution >= 4 is 23.0 Å². The fourth-order valence-corrected chi connectivity index (χ4v) is 1.23. The number of benzene rings is 1. The van der Waals surface area contributed by atoms with E-state index >= 15 is 0 Å². The maximum atomic E-state index is 5.16. The van der Waals surface area contributed by atoms with Gasteiger partial charge in [-0.15, -0.1) is 6.42 Å². The van der Waals surface area contributed by atoms with E-state index in [1.165, 1.54) is 0 Å². The van der Waals surface area contributed by atoms with E-state index in [4.69, 9.17) is 23.4 Å². The molecule has 0 amide bonds. The number of methoxy groups -OCH3 is 1. The summed E-state index contributed by atoms with van der Waals surface area (Å²) in [5.74, 6) is 3.18. The van der Waals surface area contributed by atoms with Crippen molar-refractivity contribution < 1.29 is 4.74 Å². The second-order valence-corrected chi connectivity index (χ2v) is 3.12. The highest BCUT2D eigenvalue weighted by atomic mass is 32.1. The van der Waals surface area contributed by atoms with E-state index in [9.17, 15) is 0 Å². The molecular formula is C11H12N2OS. The largest absolute Gasteiger partial charge is 0.495 e. The third kappa shape index (κ3) is 3.49. The molecule has 0 unspecified atom stereocenters. The van der Waals surface area contributed by atoms with E-state index in [0.717, 1.165) is 11.4 Å². The lowest BCUT2D eigenvalue weighted by atomic mass is 10.3. The molecule has 15 heavy (non-hydrogen) atoms. The average molecular weight is 220 g/mol. The van der Waals surface area contributed by atoms with E-state index in [1.807, 2.05) is 24.3 Å². The minimum Gasteiger partial charge on any atom is -0.495 e. The zero-order chi connectivity index (χ0) is 11.1. The lowest BCUT2D eigenvalue weighted by molar-refractivity contribution is 0.417. The van der Waals surface area contributed by atoms with Crippen molar-refractivity contribution in [3.8, 4) is 18.1 Å². The lowest BCUT2D eigenvalue weighted by Crippen LogP contribution is -2.28. The molecule has 0 saturated carbocycles. The third-order valence-corrected chi connectivity index (χ3v) is 1.95. The highest BCUT2D eigenvalue weighted by Gasteiger charge is 2.02. The molecule has 1 rings (SSSR count). The van der Waals surface area contributed by atoms with Crippen LogP contribution >= 0.6 is 12.2 Å². The number of thiocarbonyl (C=S) groups is 1. The topological polar surface area (TPSA) is 33.3 Å². The summed E-state index contributed by atoms with van der Waals surface area (Å²) in [6, 6.07) is 7.52. The molecule has 0 aliphatic carbocycles. The standard InChI is InChI=1S/C11H12N2OS/c1-3-8-12-11(15)13-9-6-4-5-7-10(9)14-2/h1,4-7H,8H2,2H3,(H2,12,13,15). The molecule has 4 heteroatoms. The van der Waals surface area contributed by atoms with Crippen molar-refractivity contribution in [1.29, 1.82) is 0 Å². The minimum atomic E-state index is 0.404. The van der Waals surface area contributed by atoms with Gasteiger partial charge in [-0.3, -0.25) is 0 Å². The van der Waals surface area contributed by atoms with Crippen LogP contribution < -0.4 is 15.4 Å². The molecule has 3 nitrogen and oxygen atoms in total. The van der Waals surface area contributed by atoms with Crippen LogP contribution in [-0.4, -0.2) is 18.8 Å². The number of terminal acetylenes is 1. The van der Waals surface area contributed by atoms with Crippen LogP contribution in [-0.2, 0) is 0 Å². The Kier molecular flexibility index (Phi) is 4.45. The first-order valence-electron chi connectivity index (χ1n) is 4.39. The monoisotopic (exact) mass is 220 g/mol. The van der Waals surface area contributed by atoms with Crippen LogP contribution in [0, 0.1) is 12.3 Å². The van der Waals surface area contributed by atoms with Gasteiger partial charge in [-0.1, -0.05) is 18.1 Å². The first-order valence-corrected chi connectivity index (χ1v) is 4.80. The molecule has 0 heterocycles. The van der Waals surface area contributed by atoms with Gasteiger partial charge in [0.05, 0.1) is 19.3 Å². The molecule has 0 saturated heterocycles. The fourth-order valence-electron chi connectivity index (χ4n) is 1.05. The molecular weight excluding hydrogens is 208 g/mol. The van der Waals surface area contributed by atoms with Crippen LogP contribution in [0.4, 0.5) is 5.69 Å². The van der Waals surface area contributed by atoms with E-state index in [2.05, 4.69) is 16.6 Å². The Morgan fingerprint density at radius 1 is 1.53 bits per heavy atom. The summed E-state index contributed by atoms with van der Waals surface area (Å²) < 4.78 is 5.16. The number of nitrogens with one attached hydrogen (secondary N) is 2. The van der Waals surface area contributed by atoms with Crippen LogP contribution in [0.3, 0.4) is 0 Å². The van der Waals surface area contributed by atoms with Crippen molar-refractivity contribution in [2.45, 2.75) is 0 Å². The predicted molar refractivity (Wildman–Crippen MR) is 66.1 cm³/mol. The molecule has 0 spiro atoms. The molecule has 78 valence electrons. The summed E-state index contributed by atoms with van der Waals surface area (Å²) in [6.45, 7) is 0.404. The van der Waals surface area contributed by atoms with Crippen molar-refractivity contribution in [3.63, 3.8) is 0 Å². The molecule has 0 bridgehead atoms. The molecule has 0 aliphatic rings. The Morgan fingerprint density at radius 2 is 2.27 bits per heavy atom. The molecule has 0 aliphatic heterocycles. The average Bonchev–Trinajstić information content (AvgIpc) is 2.27. The van der Waals surface area contributed by atoms with Crippen LogP contribution in [0.15, 0.2) is 24.3 Å². The predicted octanol–water partition coefficient (Wildman–Crippen LogP) is 1.61. The van der Waals surface area contributed by atoms with Gasteiger partial charge in [-0.05, 0) is 24.4 Å². The Hall–Kier alpha value is -1.73. The summed E-state index contributed by atoms with van der Waals surface area (Å²) in [6.07, 6.45) is 5.10. The number of hydrogen-bond acceptors (Lipinski definition) is 2. The number of para-hydroxylation sites is 2. The second-order valence-electron chi connectivity index (χ2n) is 2.71. The number of ether oxygens (including phenoxy) is 1. The maximum Gasteiger partial charge on any atom is 0.171 e. The van der Waals surface area contributed by atoms with Crippen molar-refractivity contribution in [1.82, 2.24) is 5.32 Å². The number of rotatable bonds is 3. The number of anilines is 1. The summed E-state index contributed by atoms with van der Waals surface area (Å²) in [5.41, 5.74) is 0.814. The van der Waals surface area contributed by atoms with E-state index in [1.54, 1.807) is 7.11 Å². The number of hydrogen-bond donors (Lipinski definition) is 2. The summed E-state index contributed by atoms with van der Waals surface area (Å²) in [4.78, 5) is 0. The second kappa shape index (κ2) is 5.89. The van der Waals surface area contributed by atoms with Crippen molar-refractivity contribution in [3.05, 3.63) is 24.3 Å². The van der Waals surface area contributed by atoms with E-state index < -0.39 is 0 Å². The Labute approximate surface area is 94.8 Å². The van der Waals surface area contributed by atoms with E-state index in [0.29, 0.717) is 11.7 Å². The molecule has 0 aromatic heterocycles. The highest BCUT2D eigenvalue weighted by Crippen LogP contribution is 2.22. The normalized spacial score (nSPS) is 8.80. The van der Waals surface area contributed by atoms with Gasteiger partial charge in [-0.25, -0.2) is 0 Å². The molecule has 1 aromatic rings. The van der Waals surface area contributed by atoms with Crippen LogP contribution in [0.25, 0.3) is 0 Å². The van der Waals surface area contributed by atoms with Crippen LogP contribution in [0.1, 0.15) is 0 Å². The lowest BCUT2D eigenvalue weighted by Gasteiger charge is -2.11. The van der Waals surface area contributed by atoms with Crippen LogP contribution in [0.5, 0.6) is 5.75 Å². The first kappa shape index (κ1) is 11.3. The fraction of sp³-hybridized carbons (Fsp3) is 0.182. The Balaban J connectivity index is 2.64. The van der Waals surface area contributed by atoms with Gasteiger partial charge < -0.3 is 15.4 Å². The molecule has 0 radical (unpaired) electrons. The maximum absolute atomic E-state index is 5.16. The molecule has 1 aromatic carbocycles. The molecule has 2 N–H and O–H groups in total. The van der Waals surface area contributed by atoms with Gasteiger partial charge in [-0.2, -0.15) is 0 Å². The van der Waals surface area contributed by atoms with Gasteiger partial charge in [0.1, 0.15) is 5.75 Å². The van der Waals surface area contributed by atoms with Gasteiger partial charge in [0.2, 0.25) is 0 Å².